The topological polar surface area (TPSA) is 35.2 Å². The molecule has 0 saturated carbocycles. The van der Waals surface area contributed by atoms with Crippen molar-refractivity contribution >= 4 is 0 Å². The minimum Gasteiger partial charge on any atom is -0.497 e. The molecular formula is C8H13NO. The lowest BCUT2D eigenvalue weighted by atomic mass is 10.2. The average molecular weight is 139 g/mol. The van der Waals surface area contributed by atoms with Crippen LogP contribution in [0.3, 0.4) is 0 Å². The van der Waals surface area contributed by atoms with Crippen molar-refractivity contribution in [2.45, 2.75) is 18.9 Å². The molecule has 1 aliphatic carbocycles. The van der Waals surface area contributed by atoms with Crippen LogP contribution in [-0.2, 0) is 4.74 Å². The van der Waals surface area contributed by atoms with Crippen molar-refractivity contribution in [2.75, 3.05) is 7.11 Å². The maximum atomic E-state index is 5.70. The molecule has 1 atom stereocenters. The fraction of sp³-hybridized carbons (Fsp3) is 0.500. The van der Waals surface area contributed by atoms with E-state index in [1.165, 1.54) is 0 Å². The molecule has 0 amide bonds. The van der Waals surface area contributed by atoms with E-state index in [2.05, 4.69) is 0 Å². The van der Waals surface area contributed by atoms with E-state index in [1.54, 1.807) is 7.11 Å². The van der Waals surface area contributed by atoms with Crippen molar-refractivity contribution in [2.24, 2.45) is 5.73 Å². The van der Waals surface area contributed by atoms with Gasteiger partial charge in [-0.25, -0.2) is 0 Å². The van der Waals surface area contributed by atoms with Gasteiger partial charge >= 0.3 is 0 Å². The molecule has 10 heavy (non-hydrogen) atoms. The first kappa shape index (κ1) is 7.35. The number of ether oxygens (including phenoxy) is 1. The maximum Gasteiger partial charge on any atom is 0.114 e. The Kier molecular flexibility index (Phi) is 2.51. The van der Waals surface area contributed by atoms with Crippen LogP contribution < -0.4 is 5.73 Å². The van der Waals surface area contributed by atoms with Gasteiger partial charge in [0.1, 0.15) is 5.76 Å². The largest absolute Gasteiger partial charge is 0.497 e. The Hall–Kier alpha value is -0.760. The minimum absolute atomic E-state index is 0.267. The fourth-order valence-electron chi connectivity index (χ4n) is 0.942. The van der Waals surface area contributed by atoms with Crippen molar-refractivity contribution in [3.8, 4) is 0 Å². The highest BCUT2D eigenvalue weighted by molar-refractivity contribution is 5.15. The number of nitrogens with two attached hydrogens (primary N) is 1. The molecule has 0 fully saturated rings. The smallest absolute Gasteiger partial charge is 0.114 e. The third kappa shape index (κ3) is 1.88. The third-order valence-corrected chi connectivity index (χ3v) is 1.58. The Morgan fingerprint density at radius 1 is 1.60 bits per heavy atom. The predicted octanol–water partition coefficient (Wildman–Crippen LogP) is 1.19. The van der Waals surface area contributed by atoms with E-state index in [0.29, 0.717) is 0 Å². The zero-order valence-corrected chi connectivity index (χ0v) is 6.21. The van der Waals surface area contributed by atoms with Crippen molar-refractivity contribution in [3.05, 3.63) is 24.0 Å². The predicted molar refractivity (Wildman–Crippen MR) is 41.4 cm³/mol. The van der Waals surface area contributed by atoms with Gasteiger partial charge in [0.2, 0.25) is 0 Å². The van der Waals surface area contributed by atoms with E-state index >= 15 is 0 Å². The van der Waals surface area contributed by atoms with Crippen molar-refractivity contribution < 1.29 is 4.74 Å². The molecule has 0 radical (unpaired) electrons. The van der Waals surface area contributed by atoms with Gasteiger partial charge in [-0.15, -0.1) is 0 Å². The van der Waals surface area contributed by atoms with E-state index in [1.807, 2.05) is 18.2 Å². The minimum atomic E-state index is 0.267. The van der Waals surface area contributed by atoms with Crippen LogP contribution in [0.4, 0.5) is 0 Å². The highest BCUT2D eigenvalue weighted by atomic mass is 16.5. The van der Waals surface area contributed by atoms with Crippen LogP contribution in [0.1, 0.15) is 12.8 Å². The Morgan fingerprint density at radius 3 is 3.10 bits per heavy atom. The lowest BCUT2D eigenvalue weighted by Crippen LogP contribution is -2.16. The first-order chi connectivity index (χ1) is 4.83. The summed E-state index contributed by atoms with van der Waals surface area (Å²) >= 11 is 0. The summed E-state index contributed by atoms with van der Waals surface area (Å²) in [6, 6.07) is 0.267. The van der Waals surface area contributed by atoms with Crippen molar-refractivity contribution in [1.82, 2.24) is 0 Å². The van der Waals surface area contributed by atoms with E-state index in [0.717, 1.165) is 18.6 Å². The Bertz CT molecular complexity index is 161. The molecule has 1 rings (SSSR count). The molecule has 0 spiro atoms. The van der Waals surface area contributed by atoms with Gasteiger partial charge in [0, 0.05) is 6.04 Å². The van der Waals surface area contributed by atoms with Crippen LogP contribution in [0.2, 0.25) is 0 Å². The highest BCUT2D eigenvalue weighted by Gasteiger charge is 2.02. The molecular weight excluding hydrogens is 126 g/mol. The first-order valence-corrected chi connectivity index (χ1v) is 3.49. The summed E-state index contributed by atoms with van der Waals surface area (Å²) in [5.41, 5.74) is 5.70. The summed E-state index contributed by atoms with van der Waals surface area (Å²) in [6.07, 6.45) is 7.90. The molecule has 0 aromatic carbocycles. The van der Waals surface area contributed by atoms with Crippen LogP contribution in [0.25, 0.3) is 0 Å². The summed E-state index contributed by atoms with van der Waals surface area (Å²) in [6.45, 7) is 0. The zero-order valence-electron chi connectivity index (χ0n) is 6.21. The SMILES string of the molecule is COC1=CCC(N)CC=C1. The fourth-order valence-corrected chi connectivity index (χ4v) is 0.942. The molecule has 2 nitrogen and oxygen atoms in total. The van der Waals surface area contributed by atoms with Crippen molar-refractivity contribution in [1.29, 1.82) is 0 Å². The second-order valence-corrected chi connectivity index (χ2v) is 2.44. The molecule has 0 aliphatic heterocycles. The molecule has 0 heterocycles. The summed E-state index contributed by atoms with van der Waals surface area (Å²) < 4.78 is 5.04. The van der Waals surface area contributed by atoms with E-state index < -0.39 is 0 Å². The van der Waals surface area contributed by atoms with E-state index in [4.69, 9.17) is 10.5 Å². The molecule has 56 valence electrons. The molecule has 0 saturated heterocycles. The van der Waals surface area contributed by atoms with Gasteiger partial charge < -0.3 is 10.5 Å². The molecule has 2 N–H and O–H groups in total. The number of hydrogen-bond donors (Lipinski definition) is 1. The van der Waals surface area contributed by atoms with Gasteiger partial charge in [-0.2, -0.15) is 0 Å². The number of allylic oxidation sites excluding steroid dienone is 1. The molecule has 0 aromatic rings. The quantitative estimate of drug-likeness (QED) is 0.592. The lowest BCUT2D eigenvalue weighted by Gasteiger charge is -2.01. The average Bonchev–Trinajstić information content (AvgIpc) is 2.14. The van der Waals surface area contributed by atoms with Crippen molar-refractivity contribution in [3.63, 3.8) is 0 Å². The normalized spacial score (nSPS) is 25.4. The number of hydrogen-bond acceptors (Lipinski definition) is 2. The molecule has 0 aromatic heterocycles. The van der Waals surface area contributed by atoms with Gasteiger partial charge in [0.15, 0.2) is 0 Å². The summed E-state index contributed by atoms with van der Waals surface area (Å²) in [7, 11) is 1.67. The van der Waals surface area contributed by atoms with E-state index in [-0.39, 0.29) is 6.04 Å². The number of rotatable bonds is 1. The third-order valence-electron chi connectivity index (χ3n) is 1.58. The van der Waals surface area contributed by atoms with Crippen LogP contribution >= 0.6 is 0 Å². The summed E-state index contributed by atoms with van der Waals surface area (Å²) in [4.78, 5) is 0. The van der Waals surface area contributed by atoms with Crippen LogP contribution in [0.5, 0.6) is 0 Å². The van der Waals surface area contributed by atoms with Gasteiger partial charge in [0.05, 0.1) is 7.11 Å². The van der Waals surface area contributed by atoms with Crippen LogP contribution in [0.15, 0.2) is 24.0 Å². The summed E-state index contributed by atoms with van der Waals surface area (Å²) in [5, 5.41) is 0. The maximum absolute atomic E-state index is 5.70. The Balaban J connectivity index is 2.57. The second-order valence-electron chi connectivity index (χ2n) is 2.44. The standard InChI is InChI=1S/C8H13NO/c1-10-8-4-2-3-7(9)5-6-8/h2,4,6-7H,3,5,9H2,1H3. The molecule has 1 aliphatic rings. The van der Waals surface area contributed by atoms with Crippen LogP contribution in [-0.4, -0.2) is 13.2 Å². The Labute approximate surface area is 61.4 Å². The van der Waals surface area contributed by atoms with Crippen LogP contribution in [0, 0.1) is 0 Å². The van der Waals surface area contributed by atoms with Gasteiger partial charge in [-0.3, -0.25) is 0 Å². The monoisotopic (exact) mass is 139 g/mol. The second kappa shape index (κ2) is 3.42. The number of methoxy groups -OCH3 is 1. The molecule has 2 heteroatoms. The molecule has 0 bridgehead atoms. The lowest BCUT2D eigenvalue weighted by molar-refractivity contribution is 0.305. The van der Waals surface area contributed by atoms with E-state index in [9.17, 15) is 0 Å². The zero-order chi connectivity index (χ0) is 7.40. The summed E-state index contributed by atoms with van der Waals surface area (Å²) in [5.74, 6) is 0.924. The Morgan fingerprint density at radius 2 is 2.40 bits per heavy atom. The highest BCUT2D eigenvalue weighted by Crippen LogP contribution is 2.09. The molecule has 1 unspecified atom stereocenters. The van der Waals surface area contributed by atoms with Gasteiger partial charge in [-0.1, -0.05) is 6.08 Å². The first-order valence-electron chi connectivity index (χ1n) is 3.49. The van der Waals surface area contributed by atoms with Gasteiger partial charge in [-0.05, 0) is 25.0 Å². The van der Waals surface area contributed by atoms with Gasteiger partial charge in [0.25, 0.3) is 0 Å².